The third kappa shape index (κ3) is 4.16. The van der Waals surface area contributed by atoms with Crippen molar-refractivity contribution < 1.29 is 9.53 Å². The lowest BCUT2D eigenvalue weighted by Gasteiger charge is -2.09. The summed E-state index contributed by atoms with van der Waals surface area (Å²) in [5, 5.41) is 3.00. The van der Waals surface area contributed by atoms with Gasteiger partial charge in [-0.3, -0.25) is 9.36 Å². The highest BCUT2D eigenvalue weighted by Gasteiger charge is 2.24. The molecule has 3 N–H and O–H groups in total. The normalized spacial score (nSPS) is 11.1. The van der Waals surface area contributed by atoms with E-state index < -0.39 is 0 Å². The number of carbonyl (C=O) groups excluding carboxylic acids is 1. The standard InChI is InChI=1S/C26H22IN5O2/c1-34-19-12-6-16(7-13-19)14-15-29-26(33)22-23-25(31-21-5-3-2-4-20(21)30-23)32(24(22)28)18-10-8-17(27)9-11-18/h2-13H,14-15,28H2,1H3,(H,29,33). The van der Waals surface area contributed by atoms with Crippen LogP contribution in [-0.4, -0.2) is 34.1 Å². The Morgan fingerprint density at radius 1 is 1.00 bits per heavy atom. The van der Waals surface area contributed by atoms with Gasteiger partial charge in [0.25, 0.3) is 5.91 Å². The molecule has 0 atom stereocenters. The Labute approximate surface area is 210 Å². The fraction of sp³-hybridized carbons (Fsp3) is 0.115. The molecular formula is C26H22IN5O2. The zero-order valence-electron chi connectivity index (χ0n) is 18.5. The first-order valence-corrected chi connectivity index (χ1v) is 11.9. The number of nitrogens with two attached hydrogens (primary N) is 1. The number of rotatable bonds is 6. The number of hydrogen-bond acceptors (Lipinski definition) is 5. The van der Waals surface area contributed by atoms with Crippen LogP contribution in [0.25, 0.3) is 27.9 Å². The number of nitrogen functional groups attached to an aromatic ring is 1. The number of halogens is 1. The van der Waals surface area contributed by atoms with Gasteiger partial charge in [-0.15, -0.1) is 0 Å². The topological polar surface area (TPSA) is 95.1 Å². The SMILES string of the molecule is COc1ccc(CCNC(=O)c2c(N)n(-c3ccc(I)cc3)c3nc4ccccc4nc23)cc1. The van der Waals surface area contributed by atoms with Crippen molar-refractivity contribution in [2.45, 2.75) is 6.42 Å². The van der Waals surface area contributed by atoms with Crippen LogP contribution in [-0.2, 0) is 6.42 Å². The van der Waals surface area contributed by atoms with Gasteiger partial charge in [-0.2, -0.15) is 0 Å². The maximum atomic E-state index is 13.3. The molecule has 7 nitrogen and oxygen atoms in total. The number of fused-ring (bicyclic) bond motifs is 2. The van der Waals surface area contributed by atoms with Crippen molar-refractivity contribution in [3.63, 3.8) is 0 Å². The summed E-state index contributed by atoms with van der Waals surface area (Å²) in [5.74, 6) is 0.841. The Morgan fingerprint density at radius 2 is 1.68 bits per heavy atom. The van der Waals surface area contributed by atoms with E-state index in [4.69, 9.17) is 20.4 Å². The monoisotopic (exact) mass is 563 g/mol. The number of para-hydroxylation sites is 2. The Balaban J connectivity index is 1.52. The van der Waals surface area contributed by atoms with Gasteiger partial charge in [-0.05, 0) is 83.1 Å². The van der Waals surface area contributed by atoms with Crippen LogP contribution in [0.5, 0.6) is 5.75 Å². The molecule has 0 saturated heterocycles. The smallest absolute Gasteiger partial charge is 0.257 e. The van der Waals surface area contributed by atoms with Gasteiger partial charge in [0, 0.05) is 15.8 Å². The molecule has 34 heavy (non-hydrogen) atoms. The van der Waals surface area contributed by atoms with Crippen LogP contribution in [0.4, 0.5) is 5.82 Å². The molecule has 2 heterocycles. The molecule has 0 aliphatic carbocycles. The van der Waals surface area contributed by atoms with Crippen molar-refractivity contribution >= 4 is 56.5 Å². The Bertz CT molecular complexity index is 1490. The molecule has 0 aliphatic rings. The van der Waals surface area contributed by atoms with E-state index in [0.29, 0.717) is 41.0 Å². The first-order valence-electron chi connectivity index (χ1n) is 10.8. The third-order valence-electron chi connectivity index (χ3n) is 5.67. The summed E-state index contributed by atoms with van der Waals surface area (Å²) in [6.45, 7) is 0.460. The number of hydrogen-bond donors (Lipinski definition) is 2. The van der Waals surface area contributed by atoms with Crippen molar-refractivity contribution in [1.82, 2.24) is 19.9 Å². The van der Waals surface area contributed by atoms with Gasteiger partial charge in [0.15, 0.2) is 5.65 Å². The summed E-state index contributed by atoms with van der Waals surface area (Å²) in [4.78, 5) is 22.9. The second-order valence-electron chi connectivity index (χ2n) is 7.81. The molecule has 0 fully saturated rings. The second kappa shape index (κ2) is 9.30. The van der Waals surface area contributed by atoms with Gasteiger partial charge >= 0.3 is 0 Å². The lowest BCUT2D eigenvalue weighted by atomic mass is 10.1. The maximum absolute atomic E-state index is 13.3. The molecule has 0 saturated carbocycles. The molecule has 0 aliphatic heterocycles. The fourth-order valence-corrected chi connectivity index (χ4v) is 4.30. The number of carbonyl (C=O) groups is 1. The highest BCUT2D eigenvalue weighted by molar-refractivity contribution is 14.1. The molecule has 0 spiro atoms. The van der Waals surface area contributed by atoms with E-state index in [-0.39, 0.29) is 5.91 Å². The number of methoxy groups -OCH3 is 1. The van der Waals surface area contributed by atoms with Crippen LogP contribution in [0.15, 0.2) is 72.8 Å². The molecule has 5 aromatic rings. The largest absolute Gasteiger partial charge is 0.497 e. The molecule has 3 aromatic carbocycles. The minimum Gasteiger partial charge on any atom is -0.497 e. The van der Waals surface area contributed by atoms with Gasteiger partial charge in [0.1, 0.15) is 22.6 Å². The van der Waals surface area contributed by atoms with Crippen LogP contribution in [0.1, 0.15) is 15.9 Å². The van der Waals surface area contributed by atoms with Crippen molar-refractivity contribution in [3.8, 4) is 11.4 Å². The maximum Gasteiger partial charge on any atom is 0.257 e. The predicted octanol–water partition coefficient (Wildman–Crippen LogP) is 4.74. The number of benzene rings is 3. The van der Waals surface area contributed by atoms with E-state index in [1.54, 1.807) is 11.7 Å². The first-order chi connectivity index (χ1) is 16.5. The molecule has 1 amide bonds. The van der Waals surface area contributed by atoms with E-state index in [9.17, 15) is 4.79 Å². The number of ether oxygens (including phenoxy) is 1. The fourth-order valence-electron chi connectivity index (χ4n) is 3.94. The Morgan fingerprint density at radius 3 is 2.35 bits per heavy atom. The molecule has 0 unspecified atom stereocenters. The van der Waals surface area contributed by atoms with E-state index in [2.05, 4.69) is 27.9 Å². The lowest BCUT2D eigenvalue weighted by Crippen LogP contribution is -2.26. The number of nitrogens with one attached hydrogen (secondary N) is 1. The molecule has 0 radical (unpaired) electrons. The van der Waals surface area contributed by atoms with Gasteiger partial charge in [-0.25, -0.2) is 9.97 Å². The average molecular weight is 563 g/mol. The Hall–Kier alpha value is -3.66. The van der Waals surface area contributed by atoms with E-state index >= 15 is 0 Å². The van der Waals surface area contributed by atoms with Crippen LogP contribution < -0.4 is 15.8 Å². The van der Waals surface area contributed by atoms with Gasteiger partial charge < -0.3 is 15.8 Å². The quantitative estimate of drug-likeness (QED) is 0.291. The Kier molecular flexibility index (Phi) is 6.06. The minimum atomic E-state index is -0.273. The van der Waals surface area contributed by atoms with Crippen molar-refractivity contribution in [1.29, 1.82) is 0 Å². The van der Waals surface area contributed by atoms with Crippen LogP contribution in [0, 0.1) is 3.57 Å². The number of nitrogens with zero attached hydrogens (tertiary/aromatic N) is 3. The van der Waals surface area contributed by atoms with Gasteiger partial charge in [-0.1, -0.05) is 24.3 Å². The molecule has 170 valence electrons. The zero-order chi connectivity index (χ0) is 23.7. The van der Waals surface area contributed by atoms with Crippen molar-refractivity contribution in [3.05, 3.63) is 87.5 Å². The average Bonchev–Trinajstić information content (AvgIpc) is 3.14. The lowest BCUT2D eigenvalue weighted by molar-refractivity contribution is 0.0956. The molecule has 8 heteroatoms. The van der Waals surface area contributed by atoms with E-state index in [1.807, 2.05) is 72.8 Å². The van der Waals surface area contributed by atoms with E-state index in [1.165, 1.54) is 0 Å². The number of anilines is 1. The molecular weight excluding hydrogens is 541 g/mol. The van der Waals surface area contributed by atoms with Crippen LogP contribution in [0.3, 0.4) is 0 Å². The summed E-state index contributed by atoms with van der Waals surface area (Å²) in [6.07, 6.45) is 0.681. The summed E-state index contributed by atoms with van der Waals surface area (Å²) < 4.78 is 8.10. The minimum absolute atomic E-state index is 0.273. The predicted molar refractivity (Wildman–Crippen MR) is 143 cm³/mol. The third-order valence-corrected chi connectivity index (χ3v) is 6.39. The summed E-state index contributed by atoms with van der Waals surface area (Å²) in [7, 11) is 1.64. The molecule has 2 aromatic heterocycles. The number of aromatic nitrogens is 3. The van der Waals surface area contributed by atoms with Crippen LogP contribution >= 0.6 is 22.6 Å². The van der Waals surface area contributed by atoms with Gasteiger partial charge in [0.05, 0.1) is 18.1 Å². The highest BCUT2D eigenvalue weighted by Crippen LogP contribution is 2.31. The number of amides is 1. The molecule has 0 bridgehead atoms. The highest BCUT2D eigenvalue weighted by atomic mass is 127. The molecule has 5 rings (SSSR count). The summed E-state index contributed by atoms with van der Waals surface area (Å²) in [5.41, 5.74) is 11.3. The summed E-state index contributed by atoms with van der Waals surface area (Å²) >= 11 is 2.25. The second-order valence-corrected chi connectivity index (χ2v) is 9.06. The van der Waals surface area contributed by atoms with Crippen LogP contribution in [0.2, 0.25) is 0 Å². The van der Waals surface area contributed by atoms with E-state index in [0.717, 1.165) is 26.1 Å². The van der Waals surface area contributed by atoms with Crippen molar-refractivity contribution in [2.75, 3.05) is 19.4 Å². The summed E-state index contributed by atoms with van der Waals surface area (Å²) in [6, 6.07) is 23.3. The zero-order valence-corrected chi connectivity index (χ0v) is 20.6. The first kappa shape index (κ1) is 22.1. The van der Waals surface area contributed by atoms with Crippen molar-refractivity contribution in [2.24, 2.45) is 0 Å². The van der Waals surface area contributed by atoms with Gasteiger partial charge in [0.2, 0.25) is 0 Å².